The normalized spacial score (nSPS) is 24.3. The average Bonchev–Trinajstić information content (AvgIpc) is 2.65. The van der Waals surface area contributed by atoms with Crippen LogP contribution in [0.25, 0.3) is 0 Å². The summed E-state index contributed by atoms with van der Waals surface area (Å²) in [6.07, 6.45) is 1.51. The van der Waals surface area contributed by atoms with E-state index >= 15 is 0 Å². The number of aliphatic hydroxyl groups is 1. The van der Waals surface area contributed by atoms with E-state index in [2.05, 4.69) is 0 Å². The topological polar surface area (TPSA) is 72.6 Å². The van der Waals surface area contributed by atoms with Gasteiger partial charge in [0.05, 0.1) is 11.0 Å². The number of aliphatic hydroxyl groups excluding tert-OH is 1. The van der Waals surface area contributed by atoms with E-state index in [9.17, 15) is 15.2 Å². The van der Waals surface area contributed by atoms with Crippen LogP contribution in [0.1, 0.15) is 19.3 Å². The third-order valence-corrected chi connectivity index (χ3v) is 2.76. The lowest BCUT2D eigenvalue weighted by Crippen LogP contribution is -2.25. The molecule has 1 saturated carbocycles. The number of nitro groups is 1. The number of rotatable bonds is 3. The van der Waals surface area contributed by atoms with Crippen molar-refractivity contribution in [3.8, 4) is 5.75 Å². The molecule has 1 aliphatic rings. The summed E-state index contributed by atoms with van der Waals surface area (Å²) in [7, 11) is 0. The van der Waals surface area contributed by atoms with E-state index < -0.39 is 11.0 Å². The number of nitrogens with zero attached hydrogens (tertiary/aromatic N) is 1. The Morgan fingerprint density at radius 2 is 2.12 bits per heavy atom. The van der Waals surface area contributed by atoms with Crippen LogP contribution < -0.4 is 4.74 Å². The van der Waals surface area contributed by atoms with Crippen molar-refractivity contribution in [1.82, 2.24) is 0 Å². The highest BCUT2D eigenvalue weighted by molar-refractivity contribution is 5.45. The molecular formula is C11H13NO4. The third-order valence-electron chi connectivity index (χ3n) is 2.76. The zero-order chi connectivity index (χ0) is 11.5. The van der Waals surface area contributed by atoms with Gasteiger partial charge in [-0.2, -0.15) is 0 Å². The highest BCUT2D eigenvalue weighted by Gasteiger charge is 2.28. The largest absolute Gasteiger partial charge is 0.481 e. The summed E-state index contributed by atoms with van der Waals surface area (Å²) in [5.41, 5.74) is -0.0541. The zero-order valence-corrected chi connectivity index (χ0v) is 8.70. The Bertz CT molecular complexity index is 393. The van der Waals surface area contributed by atoms with Crippen LogP contribution in [-0.2, 0) is 0 Å². The number of hydrogen-bond donors (Lipinski definition) is 1. The average molecular weight is 223 g/mol. The van der Waals surface area contributed by atoms with Crippen LogP contribution in [-0.4, -0.2) is 22.2 Å². The van der Waals surface area contributed by atoms with Gasteiger partial charge in [0.25, 0.3) is 0 Å². The second kappa shape index (κ2) is 4.49. The van der Waals surface area contributed by atoms with Crippen molar-refractivity contribution >= 4 is 5.69 Å². The highest BCUT2D eigenvalue weighted by Crippen LogP contribution is 2.30. The number of ether oxygens (including phenoxy) is 1. The quantitative estimate of drug-likeness (QED) is 0.627. The van der Waals surface area contributed by atoms with Gasteiger partial charge in [0.15, 0.2) is 5.75 Å². The summed E-state index contributed by atoms with van der Waals surface area (Å²) in [5.74, 6) is 0.235. The monoisotopic (exact) mass is 223 g/mol. The minimum atomic E-state index is -0.514. The van der Waals surface area contributed by atoms with Crippen LogP contribution in [0, 0.1) is 10.1 Å². The van der Waals surface area contributed by atoms with Crippen LogP contribution in [0.15, 0.2) is 24.3 Å². The van der Waals surface area contributed by atoms with Gasteiger partial charge >= 0.3 is 5.69 Å². The van der Waals surface area contributed by atoms with Gasteiger partial charge in [-0.05, 0) is 25.3 Å². The Labute approximate surface area is 92.8 Å². The molecule has 1 N–H and O–H groups in total. The van der Waals surface area contributed by atoms with Crippen molar-refractivity contribution < 1.29 is 14.8 Å². The first-order chi connectivity index (χ1) is 7.68. The molecule has 0 unspecified atom stereocenters. The number of hydrogen-bond acceptors (Lipinski definition) is 4. The highest BCUT2D eigenvalue weighted by atomic mass is 16.6. The molecule has 0 aliphatic heterocycles. The van der Waals surface area contributed by atoms with Gasteiger partial charge in [-0.1, -0.05) is 12.1 Å². The molecule has 2 rings (SSSR count). The van der Waals surface area contributed by atoms with Gasteiger partial charge in [0.2, 0.25) is 0 Å². The fourth-order valence-corrected chi connectivity index (χ4v) is 1.91. The second-order valence-electron chi connectivity index (χ2n) is 3.88. The molecule has 2 atom stereocenters. The Morgan fingerprint density at radius 3 is 2.75 bits per heavy atom. The maximum absolute atomic E-state index is 10.7. The van der Waals surface area contributed by atoms with E-state index in [1.54, 1.807) is 18.2 Å². The Balaban J connectivity index is 2.17. The maximum atomic E-state index is 10.7. The molecule has 0 radical (unpaired) electrons. The molecular weight excluding hydrogens is 210 g/mol. The van der Waals surface area contributed by atoms with Gasteiger partial charge < -0.3 is 9.84 Å². The van der Waals surface area contributed by atoms with Crippen molar-refractivity contribution in [3.05, 3.63) is 34.4 Å². The molecule has 16 heavy (non-hydrogen) atoms. The van der Waals surface area contributed by atoms with E-state index in [1.807, 2.05) is 0 Å². The van der Waals surface area contributed by atoms with Crippen LogP contribution in [0.3, 0.4) is 0 Å². The summed E-state index contributed by atoms with van der Waals surface area (Å²) in [6, 6.07) is 6.24. The molecule has 0 amide bonds. The van der Waals surface area contributed by atoms with Gasteiger partial charge in [-0.25, -0.2) is 0 Å². The SMILES string of the molecule is O=[N+]([O-])c1ccccc1O[C@H]1CCC[C@@H]1O. The van der Waals surface area contributed by atoms with E-state index in [1.165, 1.54) is 6.07 Å². The minimum absolute atomic E-state index is 0.0541. The van der Waals surface area contributed by atoms with Gasteiger partial charge in [0.1, 0.15) is 6.10 Å². The second-order valence-corrected chi connectivity index (χ2v) is 3.88. The predicted molar refractivity (Wildman–Crippen MR) is 57.4 cm³/mol. The van der Waals surface area contributed by atoms with Crippen LogP contribution in [0.4, 0.5) is 5.69 Å². The van der Waals surface area contributed by atoms with Crippen LogP contribution >= 0.6 is 0 Å². The van der Waals surface area contributed by atoms with Crippen molar-refractivity contribution in [2.75, 3.05) is 0 Å². The summed E-state index contributed by atoms with van der Waals surface area (Å²) in [5, 5.41) is 20.3. The smallest absolute Gasteiger partial charge is 0.310 e. The van der Waals surface area contributed by atoms with Gasteiger partial charge in [-0.3, -0.25) is 10.1 Å². The molecule has 1 fully saturated rings. The van der Waals surface area contributed by atoms with Crippen molar-refractivity contribution in [1.29, 1.82) is 0 Å². The molecule has 1 aliphatic carbocycles. The Kier molecular flexibility index (Phi) is 3.05. The van der Waals surface area contributed by atoms with Crippen molar-refractivity contribution in [3.63, 3.8) is 0 Å². The summed E-state index contributed by atoms with van der Waals surface area (Å²) in [4.78, 5) is 10.3. The van der Waals surface area contributed by atoms with E-state index in [4.69, 9.17) is 4.74 Å². The zero-order valence-electron chi connectivity index (χ0n) is 8.70. The number of nitro benzene ring substituents is 1. The fraction of sp³-hybridized carbons (Fsp3) is 0.455. The fourth-order valence-electron chi connectivity index (χ4n) is 1.91. The lowest BCUT2D eigenvalue weighted by atomic mass is 10.2. The van der Waals surface area contributed by atoms with E-state index in [0.717, 1.165) is 12.8 Å². The molecule has 86 valence electrons. The molecule has 0 heterocycles. The number of benzene rings is 1. The lowest BCUT2D eigenvalue weighted by molar-refractivity contribution is -0.386. The van der Waals surface area contributed by atoms with E-state index in [-0.39, 0.29) is 17.5 Å². The molecule has 0 aromatic heterocycles. The summed E-state index contributed by atoms with van der Waals surface area (Å²) >= 11 is 0. The first kappa shape index (κ1) is 10.9. The van der Waals surface area contributed by atoms with Crippen molar-refractivity contribution in [2.24, 2.45) is 0 Å². The van der Waals surface area contributed by atoms with Gasteiger partial charge in [0, 0.05) is 6.07 Å². The number of para-hydroxylation sites is 2. The Morgan fingerprint density at radius 1 is 1.38 bits per heavy atom. The lowest BCUT2D eigenvalue weighted by Gasteiger charge is -2.16. The van der Waals surface area contributed by atoms with Crippen molar-refractivity contribution in [2.45, 2.75) is 31.5 Å². The molecule has 1 aromatic rings. The van der Waals surface area contributed by atoms with E-state index in [0.29, 0.717) is 6.42 Å². The maximum Gasteiger partial charge on any atom is 0.310 e. The summed E-state index contributed by atoms with van der Waals surface area (Å²) in [6.45, 7) is 0. The van der Waals surface area contributed by atoms with Crippen LogP contribution in [0.2, 0.25) is 0 Å². The van der Waals surface area contributed by atoms with Gasteiger partial charge in [-0.15, -0.1) is 0 Å². The molecule has 0 saturated heterocycles. The molecule has 0 bridgehead atoms. The summed E-state index contributed by atoms with van der Waals surface area (Å²) < 4.78 is 5.49. The standard InChI is InChI=1S/C11H13NO4/c13-9-5-3-7-11(9)16-10-6-2-1-4-8(10)12(14)15/h1-2,4,6,9,11,13H,3,5,7H2/t9-,11-/m0/s1. The molecule has 5 heteroatoms. The predicted octanol–water partition coefficient (Wildman–Crippen LogP) is 1.89. The first-order valence-electron chi connectivity index (χ1n) is 5.26. The minimum Gasteiger partial charge on any atom is -0.481 e. The molecule has 0 spiro atoms. The Hall–Kier alpha value is -1.62. The third kappa shape index (κ3) is 2.14. The molecule has 5 nitrogen and oxygen atoms in total. The molecule has 1 aromatic carbocycles. The first-order valence-corrected chi connectivity index (χ1v) is 5.26. The van der Waals surface area contributed by atoms with Crippen LogP contribution in [0.5, 0.6) is 5.75 Å².